The number of halogens is 2. The van der Waals surface area contributed by atoms with Crippen molar-refractivity contribution in [3.8, 4) is 17.3 Å². The summed E-state index contributed by atoms with van der Waals surface area (Å²) in [7, 11) is 3.17. The first-order chi connectivity index (χ1) is 19.5. The maximum atomic E-state index is 12.6. The summed E-state index contributed by atoms with van der Waals surface area (Å²) in [6.07, 6.45) is 3.88. The van der Waals surface area contributed by atoms with Gasteiger partial charge >= 0.3 is 68.9 Å². The van der Waals surface area contributed by atoms with Crippen LogP contribution in [-0.2, 0) is 23.2 Å². The van der Waals surface area contributed by atoms with Crippen molar-refractivity contribution in [2.75, 3.05) is 12.0 Å². The van der Waals surface area contributed by atoms with Crippen LogP contribution in [0.1, 0.15) is 36.8 Å². The minimum atomic E-state index is -0.311. The van der Waals surface area contributed by atoms with Crippen LogP contribution in [0.15, 0.2) is 59.7 Å². The SMILES string of the molecule is COc1ncc(C)cc1-c1nc(C)c(CN(C=O)c2cc(Cl)cn(C)c2=O)n1C(C)C.Clc1ccccc1.O=CO.[CH3-].[Cs+]. The van der Waals surface area contributed by atoms with Crippen molar-refractivity contribution in [1.29, 1.82) is 0 Å². The van der Waals surface area contributed by atoms with Crippen LogP contribution < -0.4 is 84.1 Å². The summed E-state index contributed by atoms with van der Waals surface area (Å²) < 4.78 is 8.86. The van der Waals surface area contributed by atoms with Gasteiger partial charge in [0, 0.05) is 30.5 Å². The first-order valence-corrected chi connectivity index (χ1v) is 13.2. The predicted octanol–water partition coefficient (Wildman–Crippen LogP) is 3.16. The Bertz CT molecular complexity index is 1530. The van der Waals surface area contributed by atoms with E-state index in [4.69, 9.17) is 42.8 Å². The fraction of sp³-hybridized carbons (Fsp3) is 0.267. The molecule has 0 saturated heterocycles. The second-order valence-corrected chi connectivity index (χ2v) is 9.97. The Labute approximate surface area is 321 Å². The molecule has 1 aromatic carbocycles. The molecular weight excluding hydrogens is 714 g/mol. The fourth-order valence-electron chi connectivity index (χ4n) is 4.01. The molecule has 0 bridgehead atoms. The smallest absolute Gasteiger partial charge is 0.483 e. The van der Waals surface area contributed by atoms with Gasteiger partial charge in [-0.25, -0.2) is 9.97 Å². The van der Waals surface area contributed by atoms with Gasteiger partial charge in [-0.3, -0.25) is 14.4 Å². The van der Waals surface area contributed by atoms with Crippen LogP contribution in [0, 0.1) is 21.3 Å². The fourth-order valence-corrected chi connectivity index (χ4v) is 4.41. The van der Waals surface area contributed by atoms with Crippen molar-refractivity contribution in [3.63, 3.8) is 0 Å². The van der Waals surface area contributed by atoms with Crippen LogP contribution >= 0.6 is 23.2 Å². The largest absolute Gasteiger partial charge is 1.00 e. The van der Waals surface area contributed by atoms with Gasteiger partial charge in [-0.1, -0.05) is 41.4 Å². The molecule has 13 heteroatoms. The minimum Gasteiger partial charge on any atom is -0.483 e. The third kappa shape index (κ3) is 11.4. The summed E-state index contributed by atoms with van der Waals surface area (Å²) in [5.41, 5.74) is 3.19. The molecule has 226 valence electrons. The number of benzene rings is 1. The van der Waals surface area contributed by atoms with Crippen molar-refractivity contribution >= 4 is 41.8 Å². The van der Waals surface area contributed by atoms with Gasteiger partial charge in [0.25, 0.3) is 12.0 Å². The van der Waals surface area contributed by atoms with E-state index in [0.717, 1.165) is 27.5 Å². The van der Waals surface area contributed by atoms with Crippen molar-refractivity contribution in [1.82, 2.24) is 19.1 Å². The number of imidazole rings is 1. The zero-order chi connectivity index (χ0) is 30.7. The molecule has 1 amide bonds. The van der Waals surface area contributed by atoms with Crippen molar-refractivity contribution in [2.24, 2.45) is 7.05 Å². The van der Waals surface area contributed by atoms with Crippen molar-refractivity contribution in [3.05, 3.63) is 99.6 Å². The Morgan fingerprint density at radius 3 is 2.19 bits per heavy atom. The number of pyridine rings is 2. The van der Waals surface area contributed by atoms with Crippen LogP contribution in [0.3, 0.4) is 0 Å². The zero-order valence-corrected chi connectivity index (χ0v) is 33.5. The molecule has 0 aliphatic rings. The van der Waals surface area contributed by atoms with Crippen LogP contribution in [0.25, 0.3) is 11.4 Å². The van der Waals surface area contributed by atoms with Gasteiger partial charge < -0.3 is 31.3 Å². The molecule has 3 heterocycles. The first-order valence-electron chi connectivity index (χ1n) is 12.4. The van der Waals surface area contributed by atoms with E-state index in [2.05, 4.69) is 4.98 Å². The van der Waals surface area contributed by atoms with E-state index in [1.165, 1.54) is 21.7 Å². The standard InChI is InChI=1S/C22H26ClN5O3.C6H5Cl.CH2O2.CH3.Cs/c1-13(2)28-19(11-27(12-29)18-8-16(23)10-26(5)22(18)30)15(4)25-20(28)17-7-14(3)9-24-21(17)31-6;7-6-4-2-1-3-5-6;2-1-3;;/h7-10,12-13H,11H2,1-6H3;1-5H;1H,(H,2,3);1H3;/q;;;-1;+1. The van der Waals surface area contributed by atoms with Crippen LogP contribution in [-0.4, -0.2) is 44.2 Å². The molecule has 4 rings (SSSR count). The number of amides is 1. The van der Waals surface area contributed by atoms with E-state index in [9.17, 15) is 9.59 Å². The number of nitrogens with zero attached hydrogens (tertiary/aromatic N) is 5. The molecule has 0 atom stereocenters. The monoisotopic (exact) mass is 749 g/mol. The second-order valence-electron chi connectivity index (χ2n) is 9.09. The molecule has 0 fully saturated rings. The molecule has 0 aliphatic carbocycles. The van der Waals surface area contributed by atoms with Crippen molar-refractivity contribution in [2.45, 2.75) is 40.3 Å². The number of anilines is 1. The molecule has 43 heavy (non-hydrogen) atoms. The van der Waals surface area contributed by atoms with E-state index in [-0.39, 0.29) is 107 Å². The van der Waals surface area contributed by atoms with Gasteiger partial charge in [0.05, 0.1) is 35.6 Å². The van der Waals surface area contributed by atoms with E-state index in [1.54, 1.807) is 20.4 Å². The third-order valence-electron chi connectivity index (χ3n) is 5.77. The Kier molecular flexibility index (Phi) is 19.1. The number of methoxy groups -OCH3 is 1. The molecule has 3 aromatic heterocycles. The zero-order valence-electron chi connectivity index (χ0n) is 25.7. The Morgan fingerprint density at radius 2 is 1.70 bits per heavy atom. The number of hydrogen-bond acceptors (Lipinski definition) is 6. The Hall–Kier alpha value is -2.10. The van der Waals surface area contributed by atoms with Gasteiger partial charge in [0.2, 0.25) is 12.3 Å². The molecule has 0 saturated carbocycles. The minimum absolute atomic E-state index is 0. The number of aromatic nitrogens is 4. The number of carbonyl (C=O) groups excluding carboxylic acids is 1. The maximum Gasteiger partial charge on any atom is 1.00 e. The summed E-state index contributed by atoms with van der Waals surface area (Å²) in [5, 5.41) is 8.05. The first kappa shape index (κ1) is 40.9. The number of aryl methyl sites for hydroxylation is 3. The van der Waals surface area contributed by atoms with Crippen LogP contribution in [0.5, 0.6) is 5.88 Å². The molecule has 4 aromatic rings. The Morgan fingerprint density at radius 1 is 1.09 bits per heavy atom. The van der Waals surface area contributed by atoms with Crippen LogP contribution in [0.4, 0.5) is 5.69 Å². The van der Waals surface area contributed by atoms with Gasteiger partial charge in [-0.2, -0.15) is 0 Å². The Balaban J connectivity index is 0.00000126. The number of hydrogen-bond donors (Lipinski definition) is 1. The van der Waals surface area contributed by atoms with Crippen LogP contribution in [0.2, 0.25) is 10.0 Å². The summed E-state index contributed by atoms with van der Waals surface area (Å²) in [6.45, 7) is 7.82. The molecular formula is C30H36Cl2CsN5O5. The summed E-state index contributed by atoms with van der Waals surface area (Å²) in [6, 6.07) is 12.9. The summed E-state index contributed by atoms with van der Waals surface area (Å²) in [4.78, 5) is 43.5. The van der Waals surface area contributed by atoms with E-state index in [1.807, 2.05) is 68.7 Å². The average Bonchev–Trinajstić information content (AvgIpc) is 3.26. The number of rotatable bonds is 7. The van der Waals surface area contributed by atoms with E-state index < -0.39 is 0 Å². The summed E-state index contributed by atoms with van der Waals surface area (Å²) in [5.74, 6) is 1.17. The molecule has 0 spiro atoms. The average molecular weight is 750 g/mol. The van der Waals surface area contributed by atoms with Gasteiger partial charge in [-0.15, -0.1) is 0 Å². The predicted molar refractivity (Wildman–Crippen MR) is 167 cm³/mol. The normalized spacial score (nSPS) is 9.70. The quantitative estimate of drug-likeness (QED) is 0.228. The van der Waals surface area contributed by atoms with Gasteiger partial charge in [0.15, 0.2) is 0 Å². The third-order valence-corrected chi connectivity index (χ3v) is 6.23. The van der Waals surface area contributed by atoms with Gasteiger partial charge in [-0.05, 0) is 57.5 Å². The molecule has 10 nitrogen and oxygen atoms in total. The van der Waals surface area contributed by atoms with E-state index >= 15 is 0 Å². The van der Waals surface area contributed by atoms with Crippen molar-refractivity contribution < 1.29 is 88.3 Å². The molecule has 1 N–H and O–H groups in total. The molecule has 0 aliphatic heterocycles. The number of ether oxygens (including phenoxy) is 1. The summed E-state index contributed by atoms with van der Waals surface area (Å²) >= 11 is 11.7. The molecule has 0 unspecified atom stereocenters. The topological polar surface area (TPSA) is 120 Å². The number of carbonyl (C=O) groups is 2. The second kappa shape index (κ2) is 20.0. The maximum absolute atomic E-state index is 12.6. The van der Waals surface area contributed by atoms with Gasteiger partial charge in [0.1, 0.15) is 11.5 Å². The molecule has 0 radical (unpaired) electrons. The number of carboxylic acid groups (broad SMARTS) is 1. The van der Waals surface area contributed by atoms with E-state index in [0.29, 0.717) is 23.1 Å².